The molecular formula is C30H32BrN5O3S. The summed E-state index contributed by atoms with van der Waals surface area (Å²) in [7, 11) is -3.71. The predicted octanol–water partition coefficient (Wildman–Crippen LogP) is 5.39. The number of likely N-dealkylation sites (tertiary alicyclic amines) is 1. The number of rotatable bonds is 9. The minimum absolute atomic E-state index is 0.172. The second-order valence-electron chi connectivity index (χ2n) is 9.94. The number of nitrogens with one attached hydrogen (secondary N) is 2. The number of urea groups is 1. The van der Waals surface area contributed by atoms with Gasteiger partial charge < -0.3 is 10.6 Å². The number of carbonyl (C=O) groups excluding carboxylic acids is 1. The Morgan fingerprint density at radius 2 is 1.77 bits per heavy atom. The largest absolute Gasteiger partial charge is 0.337 e. The van der Waals surface area contributed by atoms with Gasteiger partial charge in [0, 0.05) is 47.8 Å². The average molecular weight is 623 g/mol. The molecule has 208 valence electrons. The Morgan fingerprint density at radius 3 is 2.55 bits per heavy atom. The number of carbonyl (C=O) groups is 1. The van der Waals surface area contributed by atoms with Gasteiger partial charge in [-0.15, -0.1) is 0 Å². The molecule has 1 fully saturated rings. The normalized spacial score (nSPS) is 15.9. The minimum Gasteiger partial charge on any atom is -0.337 e. The molecule has 0 bridgehead atoms. The van der Waals surface area contributed by atoms with E-state index in [0.29, 0.717) is 26.2 Å². The van der Waals surface area contributed by atoms with Crippen LogP contribution >= 0.6 is 15.9 Å². The molecule has 2 heterocycles. The number of benzene rings is 3. The van der Waals surface area contributed by atoms with Crippen LogP contribution in [0.3, 0.4) is 0 Å². The van der Waals surface area contributed by atoms with Gasteiger partial charge in [-0.1, -0.05) is 64.5 Å². The molecule has 3 aromatic carbocycles. The van der Waals surface area contributed by atoms with Crippen molar-refractivity contribution in [1.29, 1.82) is 0 Å². The van der Waals surface area contributed by atoms with Gasteiger partial charge >= 0.3 is 6.03 Å². The molecule has 5 rings (SSSR count). The summed E-state index contributed by atoms with van der Waals surface area (Å²) in [5.41, 5.74) is 3.32. The molecule has 4 aromatic rings. The highest BCUT2D eigenvalue weighted by atomic mass is 79.9. The summed E-state index contributed by atoms with van der Waals surface area (Å²) in [6.45, 7) is 4.62. The molecule has 1 unspecified atom stereocenters. The lowest BCUT2D eigenvalue weighted by Gasteiger charge is -2.28. The van der Waals surface area contributed by atoms with Crippen LogP contribution in [0.15, 0.2) is 94.3 Å². The molecule has 0 saturated carbocycles. The molecule has 1 atom stereocenters. The van der Waals surface area contributed by atoms with E-state index < -0.39 is 10.0 Å². The van der Waals surface area contributed by atoms with Gasteiger partial charge in [0.25, 0.3) is 0 Å². The van der Waals surface area contributed by atoms with Crippen LogP contribution in [0.25, 0.3) is 10.9 Å². The zero-order valence-electron chi connectivity index (χ0n) is 22.3. The summed E-state index contributed by atoms with van der Waals surface area (Å²) < 4.78 is 30.0. The van der Waals surface area contributed by atoms with Crippen molar-refractivity contribution in [2.24, 2.45) is 0 Å². The molecule has 1 aliphatic rings. The summed E-state index contributed by atoms with van der Waals surface area (Å²) in [4.78, 5) is 19.7. The molecule has 0 aliphatic carbocycles. The first-order valence-electron chi connectivity index (χ1n) is 13.2. The number of amides is 2. The molecule has 2 N–H and O–H groups in total. The van der Waals surface area contributed by atoms with E-state index in [1.807, 2.05) is 67.6 Å². The van der Waals surface area contributed by atoms with Crippen LogP contribution in [0, 0.1) is 6.92 Å². The maximum absolute atomic E-state index is 13.8. The molecule has 0 radical (unpaired) electrons. The highest BCUT2D eigenvalue weighted by Crippen LogP contribution is 2.27. The van der Waals surface area contributed by atoms with Crippen molar-refractivity contribution >= 4 is 48.6 Å². The number of nitrogens with zero attached hydrogens (tertiary/aromatic N) is 3. The smallest absolute Gasteiger partial charge is 0.319 e. The van der Waals surface area contributed by atoms with Crippen molar-refractivity contribution in [3.05, 3.63) is 101 Å². The van der Waals surface area contributed by atoms with Crippen molar-refractivity contribution < 1.29 is 13.2 Å². The predicted molar refractivity (Wildman–Crippen MR) is 162 cm³/mol. The Hall–Kier alpha value is -3.31. The Labute approximate surface area is 243 Å². The zero-order valence-corrected chi connectivity index (χ0v) is 24.7. The monoisotopic (exact) mass is 621 g/mol. The van der Waals surface area contributed by atoms with Crippen LogP contribution in [0.1, 0.15) is 17.7 Å². The molecule has 0 spiro atoms. The molecule has 1 aliphatic heterocycles. The first-order chi connectivity index (χ1) is 19.3. The number of hydrogen-bond donors (Lipinski definition) is 2. The third kappa shape index (κ3) is 6.69. The number of fused-ring (bicyclic) bond motifs is 1. The third-order valence-electron chi connectivity index (χ3n) is 7.06. The molecule has 1 aromatic heterocycles. The number of pyridine rings is 1. The number of para-hydroxylation sites is 1. The Kier molecular flexibility index (Phi) is 8.80. The number of sulfonamides is 1. The van der Waals surface area contributed by atoms with E-state index in [2.05, 4.69) is 36.4 Å². The summed E-state index contributed by atoms with van der Waals surface area (Å²) in [6.07, 6.45) is 0.719. The van der Waals surface area contributed by atoms with Crippen LogP contribution < -0.4 is 10.6 Å². The van der Waals surface area contributed by atoms with Crippen LogP contribution in [-0.4, -0.2) is 60.9 Å². The van der Waals surface area contributed by atoms with Crippen LogP contribution in [0.5, 0.6) is 0 Å². The highest BCUT2D eigenvalue weighted by molar-refractivity contribution is 9.10. The first kappa shape index (κ1) is 28.2. The quantitative estimate of drug-likeness (QED) is 0.261. The summed E-state index contributed by atoms with van der Waals surface area (Å²) in [6, 6.07) is 25.6. The lowest BCUT2D eigenvalue weighted by Crippen LogP contribution is -2.42. The first-order valence-corrected chi connectivity index (χ1v) is 15.5. The molecule has 10 heteroatoms. The van der Waals surface area contributed by atoms with E-state index in [-0.39, 0.29) is 17.0 Å². The number of halogens is 1. The van der Waals surface area contributed by atoms with E-state index in [1.54, 1.807) is 28.6 Å². The number of aryl methyl sites for hydroxylation is 1. The summed E-state index contributed by atoms with van der Waals surface area (Å²) in [5.74, 6) is 0. The van der Waals surface area contributed by atoms with Gasteiger partial charge in [-0.05, 0) is 61.9 Å². The highest BCUT2D eigenvalue weighted by Gasteiger charge is 2.35. The van der Waals surface area contributed by atoms with Crippen molar-refractivity contribution in [1.82, 2.24) is 19.5 Å². The van der Waals surface area contributed by atoms with Crippen molar-refractivity contribution in [2.75, 3.05) is 31.5 Å². The van der Waals surface area contributed by atoms with Gasteiger partial charge in [-0.25, -0.2) is 13.2 Å². The van der Waals surface area contributed by atoms with Gasteiger partial charge in [0.15, 0.2) is 0 Å². The maximum Gasteiger partial charge on any atom is 0.319 e. The van der Waals surface area contributed by atoms with Crippen molar-refractivity contribution in [2.45, 2.75) is 30.8 Å². The van der Waals surface area contributed by atoms with Crippen LogP contribution in [-0.2, 0) is 16.6 Å². The van der Waals surface area contributed by atoms with E-state index >= 15 is 0 Å². The fraction of sp³-hybridized carbons (Fsp3) is 0.267. The standard InChI is InChI=1S/C30H32BrN5O3S/c1-22-19-29(27-9-5-6-10-28(27)33-22)34-30(37)32-16-18-35-17-15-25(21-35)36(20-23-7-3-2-4-8-23)40(38,39)26-13-11-24(31)12-14-26/h2-14,19,25H,15-18,20-21H2,1H3,(H2,32,33,34,37). The van der Waals surface area contributed by atoms with Crippen LogP contribution in [0.2, 0.25) is 0 Å². The zero-order chi connectivity index (χ0) is 28.1. The molecular weight excluding hydrogens is 590 g/mol. The van der Waals surface area contributed by atoms with Gasteiger partial charge in [0.1, 0.15) is 0 Å². The van der Waals surface area contributed by atoms with Gasteiger partial charge in [-0.3, -0.25) is 9.88 Å². The number of hydrogen-bond acceptors (Lipinski definition) is 5. The van der Waals surface area contributed by atoms with Gasteiger partial charge in [0.2, 0.25) is 10.0 Å². The molecule has 2 amide bonds. The summed E-state index contributed by atoms with van der Waals surface area (Å²) in [5, 5.41) is 6.77. The van der Waals surface area contributed by atoms with Gasteiger partial charge in [0.05, 0.1) is 16.1 Å². The summed E-state index contributed by atoms with van der Waals surface area (Å²) >= 11 is 3.39. The van der Waals surface area contributed by atoms with E-state index in [9.17, 15) is 13.2 Å². The molecule has 8 nitrogen and oxygen atoms in total. The fourth-order valence-corrected chi connectivity index (χ4v) is 6.97. The second kappa shape index (κ2) is 12.5. The molecule has 40 heavy (non-hydrogen) atoms. The fourth-order valence-electron chi connectivity index (χ4n) is 5.07. The van der Waals surface area contributed by atoms with Crippen LogP contribution in [0.4, 0.5) is 10.5 Å². The Morgan fingerprint density at radius 1 is 1.05 bits per heavy atom. The van der Waals surface area contributed by atoms with E-state index in [1.165, 1.54) is 0 Å². The average Bonchev–Trinajstić information content (AvgIpc) is 3.40. The number of aromatic nitrogens is 1. The lowest BCUT2D eigenvalue weighted by molar-refractivity contribution is 0.248. The van der Waals surface area contributed by atoms with Gasteiger partial charge in [-0.2, -0.15) is 4.31 Å². The van der Waals surface area contributed by atoms with Crippen molar-refractivity contribution in [3.63, 3.8) is 0 Å². The van der Waals surface area contributed by atoms with Crippen molar-refractivity contribution in [3.8, 4) is 0 Å². The minimum atomic E-state index is -3.71. The Bertz CT molecular complexity index is 1580. The topological polar surface area (TPSA) is 94.6 Å². The maximum atomic E-state index is 13.8. The van der Waals surface area contributed by atoms with E-state index in [0.717, 1.165) is 45.3 Å². The molecule has 1 saturated heterocycles. The SMILES string of the molecule is Cc1cc(NC(=O)NCCN2CCC(N(Cc3ccccc3)S(=O)(=O)c3ccc(Br)cc3)C2)c2ccccc2n1. The lowest BCUT2D eigenvalue weighted by atomic mass is 10.1. The second-order valence-corrected chi connectivity index (χ2v) is 12.7. The van der Waals surface area contributed by atoms with E-state index in [4.69, 9.17) is 0 Å². The Balaban J connectivity index is 1.21. The number of anilines is 1. The third-order valence-corrected chi connectivity index (χ3v) is 9.50.